The van der Waals surface area contributed by atoms with Crippen LogP contribution in [-0.2, 0) is 4.79 Å². The van der Waals surface area contributed by atoms with Crippen molar-refractivity contribution >= 4 is 29.2 Å². The standard InChI is InChI=1S/C15H17ClN2O3/c16-10-4-9(15(20)21)5-11(6-10)18-14(19)12-7-1-2-8(3-7)13(12)17/h4-8,12-13H,1-3,17H2,(H,18,19)(H,20,21). The SMILES string of the molecule is NC1C2CCC(C2)C1C(=O)Nc1cc(Cl)cc(C(=O)O)c1. The first kappa shape index (κ1) is 14.4. The number of carbonyl (C=O) groups excluding carboxylic acids is 1. The number of benzene rings is 1. The third-order valence-corrected chi connectivity index (χ3v) is 4.91. The summed E-state index contributed by atoms with van der Waals surface area (Å²) in [6, 6.07) is 4.21. The highest BCUT2D eigenvalue weighted by atomic mass is 35.5. The lowest BCUT2D eigenvalue weighted by atomic mass is 9.84. The van der Waals surface area contributed by atoms with E-state index >= 15 is 0 Å². The molecular weight excluding hydrogens is 292 g/mol. The van der Waals surface area contributed by atoms with Gasteiger partial charge in [0.15, 0.2) is 0 Å². The Morgan fingerprint density at radius 3 is 2.57 bits per heavy atom. The van der Waals surface area contributed by atoms with Crippen molar-refractivity contribution in [3.8, 4) is 0 Å². The molecule has 0 aromatic heterocycles. The Bertz CT molecular complexity index is 603. The van der Waals surface area contributed by atoms with Crippen LogP contribution < -0.4 is 11.1 Å². The second kappa shape index (κ2) is 5.31. The number of nitrogens with two attached hydrogens (primary N) is 1. The summed E-state index contributed by atoms with van der Waals surface area (Å²) < 4.78 is 0. The van der Waals surface area contributed by atoms with Crippen molar-refractivity contribution in [3.63, 3.8) is 0 Å². The predicted octanol–water partition coefficient (Wildman–Crippen LogP) is 2.35. The monoisotopic (exact) mass is 308 g/mol. The molecule has 0 radical (unpaired) electrons. The molecule has 3 rings (SSSR count). The first-order valence-corrected chi connectivity index (χ1v) is 7.44. The minimum absolute atomic E-state index is 0.0510. The molecule has 2 bridgehead atoms. The maximum Gasteiger partial charge on any atom is 0.335 e. The second-order valence-electron chi connectivity index (χ2n) is 5.96. The van der Waals surface area contributed by atoms with Gasteiger partial charge in [-0.1, -0.05) is 11.6 Å². The Kier molecular flexibility index (Phi) is 3.63. The Morgan fingerprint density at radius 2 is 1.95 bits per heavy atom. The van der Waals surface area contributed by atoms with Crippen molar-refractivity contribution < 1.29 is 14.7 Å². The molecule has 2 fully saturated rings. The van der Waals surface area contributed by atoms with Gasteiger partial charge in [0.2, 0.25) is 5.91 Å². The third kappa shape index (κ3) is 2.63. The highest BCUT2D eigenvalue weighted by Crippen LogP contribution is 2.47. The van der Waals surface area contributed by atoms with E-state index in [1.165, 1.54) is 12.1 Å². The van der Waals surface area contributed by atoms with Crippen LogP contribution >= 0.6 is 11.6 Å². The molecule has 2 saturated carbocycles. The number of carbonyl (C=O) groups is 2. The van der Waals surface area contributed by atoms with E-state index in [1.54, 1.807) is 6.07 Å². The van der Waals surface area contributed by atoms with E-state index < -0.39 is 5.97 Å². The van der Waals surface area contributed by atoms with Gasteiger partial charge in [-0.05, 0) is 49.3 Å². The summed E-state index contributed by atoms with van der Waals surface area (Å²) in [6.45, 7) is 0. The topological polar surface area (TPSA) is 92.4 Å². The quantitative estimate of drug-likeness (QED) is 0.799. The summed E-state index contributed by atoms with van der Waals surface area (Å²) in [4.78, 5) is 23.4. The third-order valence-electron chi connectivity index (χ3n) is 4.70. The van der Waals surface area contributed by atoms with E-state index in [4.69, 9.17) is 22.4 Å². The largest absolute Gasteiger partial charge is 0.478 e. The average Bonchev–Trinajstić information content (AvgIpc) is 2.98. The zero-order valence-electron chi connectivity index (χ0n) is 11.4. The molecule has 4 atom stereocenters. The van der Waals surface area contributed by atoms with Crippen molar-refractivity contribution in [2.45, 2.75) is 25.3 Å². The number of halogens is 1. The summed E-state index contributed by atoms with van der Waals surface area (Å²) in [5.41, 5.74) is 6.60. The number of rotatable bonds is 3. The van der Waals surface area contributed by atoms with E-state index in [0.717, 1.165) is 19.3 Å². The molecule has 0 heterocycles. The normalized spacial score (nSPS) is 30.4. The number of nitrogens with one attached hydrogen (secondary N) is 1. The Labute approximate surface area is 127 Å². The van der Waals surface area contributed by atoms with Crippen molar-refractivity contribution in [1.29, 1.82) is 0 Å². The van der Waals surface area contributed by atoms with Crippen molar-refractivity contribution in [1.82, 2.24) is 0 Å². The van der Waals surface area contributed by atoms with Gasteiger partial charge in [-0.25, -0.2) is 4.79 Å². The number of carboxylic acids is 1. The highest BCUT2D eigenvalue weighted by molar-refractivity contribution is 6.31. The molecule has 1 aromatic rings. The first-order valence-electron chi connectivity index (χ1n) is 7.06. The van der Waals surface area contributed by atoms with Gasteiger partial charge in [-0.2, -0.15) is 0 Å². The lowest BCUT2D eigenvalue weighted by molar-refractivity contribution is -0.121. The summed E-state index contributed by atoms with van der Waals surface area (Å²) >= 11 is 5.89. The van der Waals surface area contributed by atoms with Crippen LogP contribution in [0.15, 0.2) is 18.2 Å². The van der Waals surface area contributed by atoms with Crippen LogP contribution in [0.4, 0.5) is 5.69 Å². The minimum atomic E-state index is -1.08. The van der Waals surface area contributed by atoms with Crippen molar-refractivity contribution in [3.05, 3.63) is 28.8 Å². The zero-order chi connectivity index (χ0) is 15.1. The Hall–Kier alpha value is -1.59. The molecule has 5 nitrogen and oxygen atoms in total. The number of amides is 1. The number of hydrogen-bond donors (Lipinski definition) is 3. The number of anilines is 1. The van der Waals surface area contributed by atoms with Gasteiger partial charge in [0.05, 0.1) is 11.5 Å². The van der Waals surface area contributed by atoms with E-state index in [-0.39, 0.29) is 28.5 Å². The van der Waals surface area contributed by atoms with Gasteiger partial charge >= 0.3 is 5.97 Å². The van der Waals surface area contributed by atoms with E-state index in [9.17, 15) is 9.59 Å². The number of aromatic carboxylic acids is 1. The molecule has 2 aliphatic carbocycles. The summed E-state index contributed by atoms with van der Waals surface area (Å²) in [5.74, 6) is -0.600. The molecule has 4 unspecified atom stereocenters. The number of fused-ring (bicyclic) bond motifs is 2. The van der Waals surface area contributed by atoms with Gasteiger partial charge < -0.3 is 16.2 Å². The second-order valence-corrected chi connectivity index (χ2v) is 6.40. The maximum absolute atomic E-state index is 12.4. The van der Waals surface area contributed by atoms with E-state index in [1.807, 2.05) is 0 Å². The fourth-order valence-electron chi connectivity index (χ4n) is 3.74. The average molecular weight is 309 g/mol. The molecule has 0 saturated heterocycles. The molecule has 2 aliphatic rings. The van der Waals surface area contributed by atoms with Crippen LogP contribution in [0.3, 0.4) is 0 Å². The molecule has 0 spiro atoms. The molecule has 0 aliphatic heterocycles. The van der Waals surface area contributed by atoms with Crippen LogP contribution in [0, 0.1) is 17.8 Å². The molecule has 1 aromatic carbocycles. The summed E-state index contributed by atoms with van der Waals surface area (Å²) in [7, 11) is 0. The van der Waals surface area contributed by atoms with Crippen LogP contribution in [-0.4, -0.2) is 23.0 Å². The van der Waals surface area contributed by atoms with E-state index in [0.29, 0.717) is 17.5 Å². The highest BCUT2D eigenvalue weighted by Gasteiger charge is 2.49. The molecule has 6 heteroatoms. The van der Waals surface area contributed by atoms with Crippen LogP contribution in [0.2, 0.25) is 5.02 Å². The fourth-order valence-corrected chi connectivity index (χ4v) is 3.97. The van der Waals surface area contributed by atoms with Gasteiger partial charge in [0.1, 0.15) is 0 Å². The Morgan fingerprint density at radius 1 is 1.24 bits per heavy atom. The predicted molar refractivity (Wildman–Crippen MR) is 79.3 cm³/mol. The number of carboxylic acid groups (broad SMARTS) is 1. The van der Waals surface area contributed by atoms with Crippen LogP contribution in [0.1, 0.15) is 29.6 Å². The van der Waals surface area contributed by atoms with Gasteiger partial charge in [-0.15, -0.1) is 0 Å². The van der Waals surface area contributed by atoms with Crippen LogP contribution in [0.5, 0.6) is 0 Å². The molecule has 4 N–H and O–H groups in total. The van der Waals surface area contributed by atoms with Crippen molar-refractivity contribution in [2.24, 2.45) is 23.5 Å². The maximum atomic E-state index is 12.4. The van der Waals surface area contributed by atoms with Crippen LogP contribution in [0.25, 0.3) is 0 Å². The lowest BCUT2D eigenvalue weighted by Crippen LogP contribution is -2.42. The number of hydrogen-bond acceptors (Lipinski definition) is 3. The van der Waals surface area contributed by atoms with Crippen molar-refractivity contribution in [2.75, 3.05) is 5.32 Å². The zero-order valence-corrected chi connectivity index (χ0v) is 12.1. The first-order chi connectivity index (χ1) is 9.95. The van der Waals surface area contributed by atoms with E-state index in [2.05, 4.69) is 5.32 Å². The molecule has 112 valence electrons. The molecular formula is C15H17ClN2O3. The lowest BCUT2D eigenvalue weighted by Gasteiger charge is -2.27. The minimum Gasteiger partial charge on any atom is -0.478 e. The fraction of sp³-hybridized carbons (Fsp3) is 0.467. The summed E-state index contributed by atoms with van der Waals surface area (Å²) in [5, 5.41) is 12.1. The Balaban J connectivity index is 1.77. The van der Waals surface area contributed by atoms with Gasteiger partial charge in [0.25, 0.3) is 0 Å². The van der Waals surface area contributed by atoms with Gasteiger partial charge in [-0.3, -0.25) is 4.79 Å². The molecule has 21 heavy (non-hydrogen) atoms. The van der Waals surface area contributed by atoms with Gasteiger partial charge in [0, 0.05) is 16.8 Å². The smallest absolute Gasteiger partial charge is 0.335 e. The molecule has 1 amide bonds. The summed E-state index contributed by atoms with van der Waals surface area (Å²) in [6.07, 6.45) is 3.18.